The van der Waals surface area contributed by atoms with Gasteiger partial charge in [0.25, 0.3) is 0 Å². The molecule has 0 aromatic carbocycles. The van der Waals surface area contributed by atoms with E-state index in [0.29, 0.717) is 0 Å². The Hall–Kier alpha value is -1.42. The normalized spacial score (nSPS) is 11.1. The number of pyridine rings is 1. The van der Waals surface area contributed by atoms with E-state index < -0.39 is 5.41 Å². The van der Waals surface area contributed by atoms with E-state index in [1.165, 1.54) is 0 Å². The quantitative estimate of drug-likeness (QED) is 0.564. The predicted molar refractivity (Wildman–Crippen MR) is 76.7 cm³/mol. The third-order valence-corrected chi connectivity index (χ3v) is 3.24. The highest BCUT2D eigenvalue weighted by molar-refractivity contribution is 6.13. The zero-order valence-electron chi connectivity index (χ0n) is 11.4. The molecule has 0 saturated carbocycles. The maximum Gasteiger partial charge on any atom is 0.330 e. The molecule has 0 amide bonds. The average Bonchev–Trinajstić information content (AvgIpc) is 2.43. The number of halogens is 1. The SMILES string of the molecule is C=Nc1ccc(CCCCC(C)(C)C(=O)OCl)nc1. The number of hydrogen-bond donors (Lipinski definition) is 0. The molecule has 0 aliphatic rings. The highest BCUT2D eigenvalue weighted by Gasteiger charge is 2.28. The standard InChI is InChI=1S/C14H19ClN2O2/c1-14(2,13(18)19-15)9-5-4-6-11-7-8-12(16-3)10-17-11/h7-8,10H,3-6,9H2,1-2H3. The van der Waals surface area contributed by atoms with E-state index in [1.807, 2.05) is 26.0 Å². The molecule has 1 aromatic rings. The number of carbonyl (C=O) groups excluding carboxylic acids is 1. The van der Waals surface area contributed by atoms with Crippen LogP contribution in [0, 0.1) is 5.41 Å². The Morgan fingerprint density at radius 3 is 2.74 bits per heavy atom. The molecule has 0 saturated heterocycles. The molecule has 0 unspecified atom stereocenters. The Morgan fingerprint density at radius 2 is 2.21 bits per heavy atom. The summed E-state index contributed by atoms with van der Waals surface area (Å²) >= 11 is 5.10. The summed E-state index contributed by atoms with van der Waals surface area (Å²) in [4.78, 5) is 19.5. The number of nitrogens with zero attached hydrogens (tertiary/aromatic N) is 2. The minimum atomic E-state index is -0.536. The van der Waals surface area contributed by atoms with Crippen molar-refractivity contribution in [2.75, 3.05) is 0 Å². The van der Waals surface area contributed by atoms with E-state index in [2.05, 4.69) is 21.0 Å². The first-order chi connectivity index (χ1) is 8.99. The van der Waals surface area contributed by atoms with Gasteiger partial charge in [0.2, 0.25) is 0 Å². The van der Waals surface area contributed by atoms with E-state index in [-0.39, 0.29) is 5.97 Å². The van der Waals surface area contributed by atoms with Crippen LogP contribution >= 0.6 is 11.9 Å². The zero-order valence-corrected chi connectivity index (χ0v) is 12.1. The van der Waals surface area contributed by atoms with E-state index in [1.54, 1.807) is 6.20 Å². The number of rotatable bonds is 7. The fourth-order valence-corrected chi connectivity index (χ4v) is 1.95. The van der Waals surface area contributed by atoms with E-state index in [4.69, 9.17) is 11.9 Å². The van der Waals surface area contributed by atoms with Gasteiger partial charge >= 0.3 is 5.97 Å². The van der Waals surface area contributed by atoms with E-state index in [9.17, 15) is 4.79 Å². The van der Waals surface area contributed by atoms with Gasteiger partial charge in [0.05, 0.1) is 17.3 Å². The van der Waals surface area contributed by atoms with Gasteiger partial charge in [-0.25, -0.2) is 4.79 Å². The molecule has 0 radical (unpaired) electrons. The fourth-order valence-electron chi connectivity index (χ4n) is 1.74. The monoisotopic (exact) mass is 282 g/mol. The first kappa shape index (κ1) is 15.6. The third-order valence-electron chi connectivity index (χ3n) is 3.10. The van der Waals surface area contributed by atoms with Crippen LogP contribution < -0.4 is 0 Å². The van der Waals surface area contributed by atoms with Crippen LogP contribution in [0.3, 0.4) is 0 Å². The number of carbonyl (C=O) groups is 1. The van der Waals surface area contributed by atoms with Crippen LogP contribution in [0.25, 0.3) is 0 Å². The molecule has 1 rings (SSSR count). The number of hydrogen-bond acceptors (Lipinski definition) is 4. The van der Waals surface area contributed by atoms with Crippen LogP contribution in [0.4, 0.5) is 5.69 Å². The lowest BCUT2D eigenvalue weighted by molar-refractivity contribution is -0.143. The Bertz CT molecular complexity index is 430. The minimum absolute atomic E-state index is 0.381. The molecule has 104 valence electrons. The Balaban J connectivity index is 2.34. The van der Waals surface area contributed by atoms with Crippen molar-refractivity contribution < 1.29 is 9.08 Å². The first-order valence-corrected chi connectivity index (χ1v) is 6.55. The Morgan fingerprint density at radius 1 is 1.47 bits per heavy atom. The molecule has 0 fully saturated rings. The number of aryl methyl sites for hydroxylation is 1. The summed E-state index contributed by atoms with van der Waals surface area (Å²) in [6.45, 7) is 7.11. The number of aromatic nitrogens is 1. The number of unbranched alkanes of at least 4 members (excludes halogenated alkanes) is 1. The molecule has 0 N–H and O–H groups in total. The highest BCUT2D eigenvalue weighted by Crippen LogP contribution is 2.26. The van der Waals surface area contributed by atoms with Gasteiger partial charge in [-0.05, 0) is 52.0 Å². The lowest BCUT2D eigenvalue weighted by Crippen LogP contribution is -2.24. The molecule has 0 aliphatic carbocycles. The van der Waals surface area contributed by atoms with Gasteiger partial charge in [-0.1, -0.05) is 6.42 Å². The van der Waals surface area contributed by atoms with Crippen LogP contribution in [0.15, 0.2) is 23.3 Å². The molecule has 0 atom stereocenters. The molecule has 0 bridgehead atoms. The maximum absolute atomic E-state index is 11.4. The average molecular weight is 283 g/mol. The van der Waals surface area contributed by atoms with Crippen molar-refractivity contribution in [3.63, 3.8) is 0 Å². The second-order valence-electron chi connectivity index (χ2n) is 5.12. The molecule has 0 spiro atoms. The lowest BCUT2D eigenvalue weighted by Gasteiger charge is -2.19. The zero-order chi connectivity index (χ0) is 14.3. The van der Waals surface area contributed by atoms with Crippen LogP contribution in [0.2, 0.25) is 0 Å². The van der Waals surface area contributed by atoms with Crippen molar-refractivity contribution in [3.8, 4) is 0 Å². The van der Waals surface area contributed by atoms with Gasteiger partial charge in [0.15, 0.2) is 0 Å². The van der Waals surface area contributed by atoms with Crippen molar-refractivity contribution in [1.82, 2.24) is 4.98 Å². The molecular weight excluding hydrogens is 264 g/mol. The molecule has 0 aliphatic heterocycles. The van der Waals surface area contributed by atoms with Crippen molar-refractivity contribution in [3.05, 3.63) is 24.0 Å². The molecule has 1 heterocycles. The summed E-state index contributed by atoms with van der Waals surface area (Å²) in [5.41, 5.74) is 1.26. The lowest BCUT2D eigenvalue weighted by atomic mass is 9.87. The largest absolute Gasteiger partial charge is 0.347 e. The van der Waals surface area contributed by atoms with Gasteiger partial charge in [-0.3, -0.25) is 9.98 Å². The smallest absolute Gasteiger partial charge is 0.330 e. The van der Waals surface area contributed by atoms with Crippen molar-refractivity contribution in [1.29, 1.82) is 0 Å². The van der Waals surface area contributed by atoms with Crippen molar-refractivity contribution in [2.45, 2.75) is 39.5 Å². The predicted octanol–water partition coefficient (Wildman–Crippen LogP) is 3.85. The topological polar surface area (TPSA) is 51.5 Å². The van der Waals surface area contributed by atoms with Crippen molar-refractivity contribution in [2.24, 2.45) is 10.4 Å². The van der Waals surface area contributed by atoms with Crippen LogP contribution in [0.1, 0.15) is 38.8 Å². The molecule has 4 nitrogen and oxygen atoms in total. The molecule has 1 aromatic heterocycles. The van der Waals surface area contributed by atoms with E-state index in [0.717, 1.165) is 37.1 Å². The summed E-state index contributed by atoms with van der Waals surface area (Å²) in [6.07, 6.45) is 5.21. The summed E-state index contributed by atoms with van der Waals surface area (Å²) in [6, 6.07) is 3.84. The van der Waals surface area contributed by atoms with Crippen LogP contribution in [-0.4, -0.2) is 17.7 Å². The van der Waals surface area contributed by atoms with Gasteiger partial charge in [0.1, 0.15) is 11.9 Å². The second kappa shape index (κ2) is 7.24. The highest BCUT2D eigenvalue weighted by atomic mass is 35.5. The fraction of sp³-hybridized carbons (Fsp3) is 0.500. The van der Waals surface area contributed by atoms with Crippen molar-refractivity contribution >= 4 is 30.2 Å². The molecular formula is C14H19ClN2O2. The Kier molecular flexibility index (Phi) is 5.96. The van der Waals surface area contributed by atoms with Crippen LogP contribution in [0.5, 0.6) is 0 Å². The summed E-state index contributed by atoms with van der Waals surface area (Å²) < 4.78 is 4.26. The first-order valence-electron chi connectivity index (χ1n) is 6.24. The second-order valence-corrected chi connectivity index (χ2v) is 5.28. The van der Waals surface area contributed by atoms with Gasteiger partial charge < -0.3 is 4.29 Å². The van der Waals surface area contributed by atoms with Gasteiger partial charge in [-0.2, -0.15) is 0 Å². The van der Waals surface area contributed by atoms with Gasteiger partial charge in [0, 0.05) is 5.69 Å². The maximum atomic E-state index is 11.4. The number of aliphatic imine (C=N–C) groups is 1. The summed E-state index contributed by atoms with van der Waals surface area (Å²) in [5, 5.41) is 0. The third kappa shape index (κ3) is 4.99. The molecule has 19 heavy (non-hydrogen) atoms. The Labute approximate surface area is 119 Å². The molecule has 5 heteroatoms. The minimum Gasteiger partial charge on any atom is -0.347 e. The summed E-state index contributed by atoms with van der Waals surface area (Å²) in [7, 11) is 0. The van der Waals surface area contributed by atoms with Crippen LogP contribution in [-0.2, 0) is 15.5 Å². The van der Waals surface area contributed by atoms with Gasteiger partial charge in [-0.15, -0.1) is 0 Å². The van der Waals surface area contributed by atoms with E-state index >= 15 is 0 Å². The summed E-state index contributed by atoms with van der Waals surface area (Å²) in [5.74, 6) is -0.381.